The lowest BCUT2D eigenvalue weighted by Crippen LogP contribution is -2.29. The van der Waals surface area contributed by atoms with Crippen LogP contribution >= 0.6 is 0 Å². The molecule has 31 heavy (non-hydrogen) atoms. The van der Waals surface area contributed by atoms with Gasteiger partial charge >= 0.3 is 5.97 Å². The first-order chi connectivity index (χ1) is 14.9. The molecule has 1 aromatic heterocycles. The molecule has 1 atom stereocenters. The summed E-state index contributed by atoms with van der Waals surface area (Å²) < 4.78 is 21.1. The van der Waals surface area contributed by atoms with Gasteiger partial charge in [-0.25, -0.2) is 4.79 Å². The van der Waals surface area contributed by atoms with E-state index in [1.54, 1.807) is 18.2 Å². The number of nitro groups is 1. The second-order valence-electron chi connectivity index (χ2n) is 6.57. The predicted molar refractivity (Wildman–Crippen MR) is 107 cm³/mol. The molecule has 158 valence electrons. The summed E-state index contributed by atoms with van der Waals surface area (Å²) >= 11 is 0. The highest BCUT2D eigenvalue weighted by molar-refractivity contribution is 5.97. The Morgan fingerprint density at radius 2 is 1.81 bits per heavy atom. The summed E-state index contributed by atoms with van der Waals surface area (Å²) in [6.45, 7) is 1.55. The van der Waals surface area contributed by atoms with E-state index in [1.165, 1.54) is 43.3 Å². The molecule has 1 aliphatic rings. The maximum Gasteiger partial charge on any atom is 0.375 e. The van der Waals surface area contributed by atoms with Crippen LogP contribution in [-0.4, -0.2) is 29.7 Å². The fourth-order valence-corrected chi connectivity index (χ4v) is 2.84. The van der Waals surface area contributed by atoms with E-state index in [1.807, 2.05) is 0 Å². The summed E-state index contributed by atoms with van der Waals surface area (Å²) in [5.74, 6) is -0.0258. The van der Waals surface area contributed by atoms with Crippen LogP contribution in [0.1, 0.15) is 17.5 Å². The number of benzene rings is 2. The molecule has 1 amide bonds. The molecule has 0 aliphatic carbocycles. The number of ether oxygens (including phenoxy) is 3. The molecule has 1 N–H and O–H groups in total. The number of non-ortho nitro benzene ring substituents is 1. The topological polar surface area (TPSA) is 130 Å². The van der Waals surface area contributed by atoms with Crippen LogP contribution in [0.25, 0.3) is 11.3 Å². The fourth-order valence-electron chi connectivity index (χ4n) is 2.84. The minimum absolute atomic E-state index is 0.0581. The van der Waals surface area contributed by atoms with E-state index in [9.17, 15) is 19.7 Å². The van der Waals surface area contributed by atoms with Crippen LogP contribution in [0.15, 0.2) is 59.0 Å². The predicted octanol–water partition coefficient (Wildman–Crippen LogP) is 3.77. The Morgan fingerprint density at radius 3 is 2.55 bits per heavy atom. The summed E-state index contributed by atoms with van der Waals surface area (Å²) in [4.78, 5) is 34.9. The van der Waals surface area contributed by atoms with Gasteiger partial charge in [0, 0.05) is 29.4 Å². The van der Waals surface area contributed by atoms with E-state index >= 15 is 0 Å². The first-order valence-corrected chi connectivity index (χ1v) is 9.17. The highest BCUT2D eigenvalue weighted by Gasteiger charge is 2.22. The van der Waals surface area contributed by atoms with Crippen molar-refractivity contribution >= 4 is 23.3 Å². The Morgan fingerprint density at radius 1 is 1.06 bits per heavy atom. The number of fused-ring (bicyclic) bond motifs is 1. The Bertz CT molecular complexity index is 1150. The number of esters is 1. The summed E-state index contributed by atoms with van der Waals surface area (Å²) in [5.41, 5.74) is 0.964. The first kappa shape index (κ1) is 20.0. The lowest BCUT2D eigenvalue weighted by atomic mass is 10.1. The Hall–Kier alpha value is -4.34. The van der Waals surface area contributed by atoms with Crippen molar-refractivity contribution in [2.75, 3.05) is 12.1 Å². The van der Waals surface area contributed by atoms with Crippen LogP contribution in [0.5, 0.6) is 11.5 Å². The third kappa shape index (κ3) is 4.32. The zero-order valence-corrected chi connectivity index (χ0v) is 16.2. The Kier molecular flexibility index (Phi) is 5.27. The van der Waals surface area contributed by atoms with E-state index in [2.05, 4.69) is 5.32 Å². The van der Waals surface area contributed by atoms with Gasteiger partial charge in [-0.05, 0) is 43.3 Å². The van der Waals surface area contributed by atoms with E-state index < -0.39 is 22.9 Å². The van der Waals surface area contributed by atoms with Crippen molar-refractivity contribution in [1.29, 1.82) is 0 Å². The quantitative estimate of drug-likeness (QED) is 0.360. The number of rotatable bonds is 6. The molecule has 1 aliphatic heterocycles. The third-order valence-electron chi connectivity index (χ3n) is 4.46. The van der Waals surface area contributed by atoms with Gasteiger partial charge < -0.3 is 23.9 Å². The molecular formula is C21H16N2O8. The molecule has 0 radical (unpaired) electrons. The SMILES string of the molecule is C[C@H](OC(=O)c1ccc(-c2ccc([N+](=O)[O-])cc2)o1)C(=O)Nc1ccc2c(c1)OCO2. The van der Waals surface area contributed by atoms with E-state index in [0.29, 0.717) is 28.5 Å². The number of nitrogens with zero attached hydrogens (tertiary/aromatic N) is 1. The summed E-state index contributed by atoms with van der Waals surface area (Å²) in [7, 11) is 0. The lowest BCUT2D eigenvalue weighted by molar-refractivity contribution is -0.384. The van der Waals surface area contributed by atoms with Crippen LogP contribution in [0.2, 0.25) is 0 Å². The summed E-state index contributed by atoms with van der Waals surface area (Å²) in [5, 5.41) is 13.4. The van der Waals surface area contributed by atoms with Gasteiger partial charge in [0.05, 0.1) is 4.92 Å². The van der Waals surface area contributed by atoms with Crippen LogP contribution in [-0.2, 0) is 9.53 Å². The van der Waals surface area contributed by atoms with E-state index in [0.717, 1.165) is 0 Å². The molecule has 4 rings (SSSR count). The molecular weight excluding hydrogens is 408 g/mol. The zero-order chi connectivity index (χ0) is 22.0. The van der Waals surface area contributed by atoms with Gasteiger partial charge in [0.25, 0.3) is 11.6 Å². The van der Waals surface area contributed by atoms with Gasteiger partial charge in [-0.1, -0.05) is 0 Å². The van der Waals surface area contributed by atoms with Crippen LogP contribution in [0.3, 0.4) is 0 Å². The van der Waals surface area contributed by atoms with E-state index in [4.69, 9.17) is 18.6 Å². The van der Waals surface area contributed by atoms with Crippen molar-refractivity contribution in [3.05, 3.63) is 70.5 Å². The van der Waals surface area contributed by atoms with Crippen LogP contribution < -0.4 is 14.8 Å². The molecule has 0 bridgehead atoms. The van der Waals surface area contributed by atoms with Crippen molar-refractivity contribution in [3.8, 4) is 22.8 Å². The van der Waals surface area contributed by atoms with Crippen molar-refractivity contribution in [1.82, 2.24) is 0 Å². The number of furan rings is 1. The maximum atomic E-state index is 12.3. The number of anilines is 1. The average molecular weight is 424 g/mol. The Balaban J connectivity index is 1.37. The van der Waals surface area contributed by atoms with Gasteiger partial charge in [-0.2, -0.15) is 0 Å². The summed E-state index contributed by atoms with van der Waals surface area (Å²) in [6, 6.07) is 13.5. The van der Waals surface area contributed by atoms with Crippen LogP contribution in [0, 0.1) is 10.1 Å². The van der Waals surface area contributed by atoms with Crippen molar-refractivity contribution in [2.24, 2.45) is 0 Å². The highest BCUT2D eigenvalue weighted by atomic mass is 16.7. The molecule has 0 fully saturated rings. The summed E-state index contributed by atoms with van der Waals surface area (Å²) in [6.07, 6.45) is -1.09. The molecule has 0 saturated heterocycles. The van der Waals surface area contributed by atoms with Crippen molar-refractivity contribution in [2.45, 2.75) is 13.0 Å². The third-order valence-corrected chi connectivity index (χ3v) is 4.46. The largest absolute Gasteiger partial charge is 0.454 e. The number of nitro benzene ring substituents is 1. The fraction of sp³-hybridized carbons (Fsp3) is 0.143. The molecule has 0 spiro atoms. The second kappa shape index (κ2) is 8.19. The van der Waals surface area contributed by atoms with Gasteiger partial charge in [-0.3, -0.25) is 14.9 Å². The number of nitrogens with one attached hydrogen (secondary N) is 1. The number of carbonyl (C=O) groups excluding carboxylic acids is 2. The molecule has 3 aromatic rings. The van der Waals surface area contributed by atoms with Crippen molar-refractivity contribution in [3.63, 3.8) is 0 Å². The standard InChI is InChI=1S/C21H16N2O8/c1-12(20(24)22-14-4-7-17-19(10-14)29-11-28-17)30-21(25)18-9-8-16(31-18)13-2-5-15(6-3-13)23(26)27/h2-10,12H,11H2,1H3,(H,22,24)/t12-/m0/s1. The molecule has 0 unspecified atom stereocenters. The molecule has 10 nitrogen and oxygen atoms in total. The molecule has 2 heterocycles. The van der Waals surface area contributed by atoms with Gasteiger partial charge in [0.1, 0.15) is 5.76 Å². The first-order valence-electron chi connectivity index (χ1n) is 9.17. The van der Waals surface area contributed by atoms with Gasteiger partial charge in [0.15, 0.2) is 17.6 Å². The monoisotopic (exact) mass is 424 g/mol. The van der Waals surface area contributed by atoms with E-state index in [-0.39, 0.29) is 18.2 Å². The smallest absolute Gasteiger partial charge is 0.375 e. The molecule has 0 saturated carbocycles. The number of amides is 1. The maximum absolute atomic E-state index is 12.3. The Labute approximate surface area is 175 Å². The lowest BCUT2D eigenvalue weighted by Gasteiger charge is -2.13. The normalized spacial score (nSPS) is 12.8. The second-order valence-corrected chi connectivity index (χ2v) is 6.57. The molecule has 10 heteroatoms. The zero-order valence-electron chi connectivity index (χ0n) is 16.2. The average Bonchev–Trinajstić information content (AvgIpc) is 3.43. The van der Waals surface area contributed by atoms with Crippen LogP contribution in [0.4, 0.5) is 11.4 Å². The van der Waals surface area contributed by atoms with Crippen molar-refractivity contribution < 1.29 is 33.1 Å². The van der Waals surface area contributed by atoms with Gasteiger partial charge in [0.2, 0.25) is 12.6 Å². The number of hydrogen-bond acceptors (Lipinski definition) is 8. The highest BCUT2D eigenvalue weighted by Crippen LogP contribution is 2.34. The van der Waals surface area contributed by atoms with Gasteiger partial charge in [-0.15, -0.1) is 0 Å². The number of hydrogen-bond donors (Lipinski definition) is 1. The molecule has 2 aromatic carbocycles. The minimum atomic E-state index is -1.09. The minimum Gasteiger partial charge on any atom is -0.454 e. The number of carbonyl (C=O) groups is 2.